The van der Waals surface area contributed by atoms with Crippen molar-refractivity contribution in [2.24, 2.45) is 0 Å². The molecule has 1 aromatic carbocycles. The maximum atomic E-state index is 10.8. The normalized spacial score (nSPS) is 11.2. The predicted molar refractivity (Wildman–Crippen MR) is 80.7 cm³/mol. The van der Waals surface area contributed by atoms with Crippen LogP contribution in [0.5, 0.6) is 5.75 Å². The zero-order valence-electron chi connectivity index (χ0n) is 12.5. The van der Waals surface area contributed by atoms with E-state index in [1.54, 1.807) is 6.07 Å². The first-order valence-corrected chi connectivity index (χ1v) is 6.78. The van der Waals surface area contributed by atoms with E-state index in [0.29, 0.717) is 12.3 Å². The summed E-state index contributed by atoms with van der Waals surface area (Å²) in [6, 6.07) is 11.2. The fraction of sp³-hybridized carbons (Fsp3) is 0.294. The van der Waals surface area contributed by atoms with E-state index in [0.717, 1.165) is 5.75 Å². The van der Waals surface area contributed by atoms with Gasteiger partial charge in [-0.3, -0.25) is 4.98 Å². The molecule has 0 aliphatic heterocycles. The van der Waals surface area contributed by atoms with Crippen LogP contribution in [-0.2, 0) is 12.0 Å². The minimum Gasteiger partial charge on any atom is -0.487 e. The van der Waals surface area contributed by atoms with Crippen LogP contribution in [0.3, 0.4) is 0 Å². The molecule has 0 amide bonds. The maximum absolute atomic E-state index is 10.8. The number of pyridine rings is 1. The number of carboxylic acids is 1. The van der Waals surface area contributed by atoms with E-state index in [4.69, 9.17) is 9.84 Å². The third kappa shape index (κ3) is 4.05. The Morgan fingerprint density at radius 3 is 2.57 bits per heavy atom. The summed E-state index contributed by atoms with van der Waals surface area (Å²) < 4.78 is 5.72. The first kappa shape index (κ1) is 15.0. The van der Waals surface area contributed by atoms with Gasteiger partial charge in [0.15, 0.2) is 0 Å². The molecule has 0 fully saturated rings. The first-order valence-electron chi connectivity index (χ1n) is 6.78. The number of carboxylic acid groups (broad SMARTS) is 1. The van der Waals surface area contributed by atoms with Gasteiger partial charge in [0.1, 0.15) is 12.4 Å². The third-order valence-electron chi connectivity index (χ3n) is 3.16. The fourth-order valence-electron chi connectivity index (χ4n) is 1.85. The van der Waals surface area contributed by atoms with Gasteiger partial charge < -0.3 is 9.84 Å². The molecule has 0 bridgehead atoms. The molecule has 1 N–H and O–H groups in total. The van der Waals surface area contributed by atoms with Crippen LogP contribution >= 0.6 is 0 Å². The van der Waals surface area contributed by atoms with Crippen LogP contribution in [0.4, 0.5) is 0 Å². The molecule has 2 aromatic rings. The van der Waals surface area contributed by atoms with Crippen molar-refractivity contribution >= 4 is 5.97 Å². The molecule has 2 rings (SSSR count). The molecule has 110 valence electrons. The van der Waals surface area contributed by atoms with Crippen LogP contribution in [0.25, 0.3) is 0 Å². The Kier molecular flexibility index (Phi) is 4.26. The van der Waals surface area contributed by atoms with Gasteiger partial charge in [0.25, 0.3) is 0 Å². The Morgan fingerprint density at radius 1 is 1.24 bits per heavy atom. The number of rotatable bonds is 4. The van der Waals surface area contributed by atoms with E-state index < -0.39 is 5.97 Å². The maximum Gasteiger partial charge on any atom is 0.337 e. The molecule has 21 heavy (non-hydrogen) atoms. The molecule has 0 spiro atoms. The lowest BCUT2D eigenvalue weighted by molar-refractivity contribution is 0.0696. The van der Waals surface area contributed by atoms with Crippen molar-refractivity contribution in [3.63, 3.8) is 0 Å². The first-order chi connectivity index (χ1) is 9.86. The lowest BCUT2D eigenvalue weighted by Gasteiger charge is -2.19. The molecule has 1 aromatic heterocycles. The third-order valence-corrected chi connectivity index (χ3v) is 3.16. The molecule has 4 nitrogen and oxygen atoms in total. The summed E-state index contributed by atoms with van der Waals surface area (Å²) in [5.41, 5.74) is 2.14. The van der Waals surface area contributed by atoms with E-state index >= 15 is 0 Å². The van der Waals surface area contributed by atoms with Gasteiger partial charge in [-0.2, -0.15) is 0 Å². The van der Waals surface area contributed by atoms with Crippen LogP contribution in [0.2, 0.25) is 0 Å². The lowest BCUT2D eigenvalue weighted by atomic mass is 9.87. The van der Waals surface area contributed by atoms with Crippen LogP contribution < -0.4 is 4.74 Å². The van der Waals surface area contributed by atoms with Crippen molar-refractivity contribution in [1.82, 2.24) is 4.98 Å². The minimum absolute atomic E-state index is 0.0702. The predicted octanol–water partition coefficient (Wildman–Crippen LogP) is 3.66. The number of aromatic carboxylic acids is 1. The van der Waals surface area contributed by atoms with Crippen molar-refractivity contribution in [1.29, 1.82) is 0 Å². The second-order valence-corrected chi connectivity index (χ2v) is 5.91. The molecule has 0 radical (unpaired) electrons. The summed E-state index contributed by atoms with van der Waals surface area (Å²) in [7, 11) is 0. The van der Waals surface area contributed by atoms with E-state index in [-0.39, 0.29) is 11.0 Å². The van der Waals surface area contributed by atoms with Gasteiger partial charge in [-0.1, -0.05) is 32.9 Å². The average molecular weight is 285 g/mol. The quantitative estimate of drug-likeness (QED) is 0.931. The Morgan fingerprint density at radius 2 is 2.00 bits per heavy atom. The molecule has 0 aliphatic carbocycles. The molecule has 0 aliphatic rings. The highest BCUT2D eigenvalue weighted by atomic mass is 16.5. The van der Waals surface area contributed by atoms with Crippen LogP contribution in [0.1, 0.15) is 42.4 Å². The number of aromatic nitrogens is 1. The molecule has 0 saturated heterocycles. The number of hydrogen-bond donors (Lipinski definition) is 1. The molecule has 0 saturated carbocycles. The van der Waals surface area contributed by atoms with Gasteiger partial charge in [0, 0.05) is 6.20 Å². The van der Waals surface area contributed by atoms with E-state index in [1.165, 1.54) is 17.8 Å². The largest absolute Gasteiger partial charge is 0.487 e. The summed E-state index contributed by atoms with van der Waals surface area (Å²) in [6.07, 6.45) is 1.34. The zero-order valence-corrected chi connectivity index (χ0v) is 12.5. The van der Waals surface area contributed by atoms with Gasteiger partial charge in [0.05, 0.1) is 11.3 Å². The van der Waals surface area contributed by atoms with Crippen molar-refractivity contribution in [3.8, 4) is 5.75 Å². The Balaban J connectivity index is 2.04. The molecule has 0 atom stereocenters. The second-order valence-electron chi connectivity index (χ2n) is 5.91. The van der Waals surface area contributed by atoms with Crippen LogP contribution in [0.15, 0.2) is 42.6 Å². The number of ether oxygens (including phenoxy) is 1. The molecule has 4 heteroatoms. The Bertz CT molecular complexity index is 627. The highest BCUT2D eigenvalue weighted by Crippen LogP contribution is 2.25. The summed E-state index contributed by atoms with van der Waals surface area (Å²) in [5.74, 6) is -0.195. The second kappa shape index (κ2) is 5.95. The van der Waals surface area contributed by atoms with Gasteiger partial charge >= 0.3 is 5.97 Å². The number of benzene rings is 1. The van der Waals surface area contributed by atoms with Crippen molar-refractivity contribution < 1.29 is 14.6 Å². The topological polar surface area (TPSA) is 59.4 Å². The highest BCUT2D eigenvalue weighted by Gasteiger charge is 2.14. The van der Waals surface area contributed by atoms with Gasteiger partial charge in [-0.15, -0.1) is 0 Å². The van der Waals surface area contributed by atoms with Crippen molar-refractivity contribution in [3.05, 3.63) is 59.4 Å². The summed E-state index contributed by atoms with van der Waals surface area (Å²) in [5, 5.41) is 8.82. The summed E-state index contributed by atoms with van der Waals surface area (Å²) >= 11 is 0. The highest BCUT2D eigenvalue weighted by molar-refractivity contribution is 5.87. The Labute approximate surface area is 124 Å². The standard InChI is InChI=1S/C17H19NO3/c1-17(2,3)13-5-4-6-15(9-13)21-11-14-8-7-12(10-18-14)16(19)20/h4-10H,11H2,1-3H3,(H,19,20). The van der Waals surface area contributed by atoms with E-state index in [2.05, 4.69) is 31.8 Å². The number of hydrogen-bond acceptors (Lipinski definition) is 3. The van der Waals surface area contributed by atoms with E-state index in [1.807, 2.05) is 18.2 Å². The molecular weight excluding hydrogens is 266 g/mol. The van der Waals surface area contributed by atoms with Crippen LogP contribution in [-0.4, -0.2) is 16.1 Å². The smallest absolute Gasteiger partial charge is 0.337 e. The fourth-order valence-corrected chi connectivity index (χ4v) is 1.85. The zero-order chi connectivity index (χ0) is 15.5. The lowest BCUT2D eigenvalue weighted by Crippen LogP contribution is -2.11. The number of carbonyl (C=O) groups is 1. The SMILES string of the molecule is CC(C)(C)c1cccc(OCc2ccc(C(=O)O)cn2)c1. The molecule has 0 unspecified atom stereocenters. The molecular formula is C17H19NO3. The number of nitrogens with zero attached hydrogens (tertiary/aromatic N) is 1. The summed E-state index contributed by atoms with van der Waals surface area (Å²) in [4.78, 5) is 14.8. The van der Waals surface area contributed by atoms with Crippen LogP contribution in [0, 0.1) is 0 Å². The minimum atomic E-state index is -0.979. The average Bonchev–Trinajstić information content (AvgIpc) is 2.45. The Hall–Kier alpha value is -2.36. The van der Waals surface area contributed by atoms with Crippen molar-refractivity contribution in [2.45, 2.75) is 32.8 Å². The summed E-state index contributed by atoms with van der Waals surface area (Å²) in [6.45, 7) is 6.77. The van der Waals surface area contributed by atoms with Gasteiger partial charge in [-0.25, -0.2) is 4.79 Å². The van der Waals surface area contributed by atoms with Crippen molar-refractivity contribution in [2.75, 3.05) is 0 Å². The van der Waals surface area contributed by atoms with Gasteiger partial charge in [-0.05, 0) is 35.2 Å². The van der Waals surface area contributed by atoms with E-state index in [9.17, 15) is 4.79 Å². The monoisotopic (exact) mass is 285 g/mol. The molecule has 1 heterocycles. The van der Waals surface area contributed by atoms with Gasteiger partial charge in [0.2, 0.25) is 0 Å².